The van der Waals surface area contributed by atoms with Crippen LogP contribution in [-0.4, -0.2) is 31.2 Å². The molecule has 3 N–H and O–H groups in total. The molecule has 0 bridgehead atoms. The number of hydrogen-bond donors (Lipinski definition) is 3. The van der Waals surface area contributed by atoms with E-state index in [1.807, 2.05) is 32.9 Å². The third-order valence-electron chi connectivity index (χ3n) is 3.88. The Balaban J connectivity index is 1.95. The van der Waals surface area contributed by atoms with Crippen LogP contribution in [0.1, 0.15) is 32.8 Å². The Morgan fingerprint density at radius 3 is 2.83 bits per heavy atom. The monoisotopic (exact) mass is 319 g/mol. The molecule has 6 heteroatoms. The van der Waals surface area contributed by atoms with Gasteiger partial charge in [0, 0.05) is 24.4 Å². The first-order valence-corrected chi connectivity index (χ1v) is 8.07. The largest absolute Gasteiger partial charge is 0.380 e. The number of carbonyl (C=O) groups excluding carboxylic acids is 2. The maximum atomic E-state index is 12.2. The van der Waals surface area contributed by atoms with Gasteiger partial charge < -0.3 is 20.7 Å². The molecule has 6 nitrogen and oxygen atoms in total. The van der Waals surface area contributed by atoms with Gasteiger partial charge in [0.1, 0.15) is 0 Å². The quantitative estimate of drug-likeness (QED) is 0.754. The number of nitrogens with one attached hydrogen (secondary N) is 3. The highest BCUT2D eigenvalue weighted by molar-refractivity contribution is 5.95. The molecule has 0 fully saturated rings. The molecule has 1 heterocycles. The molecule has 1 unspecified atom stereocenters. The van der Waals surface area contributed by atoms with Gasteiger partial charge in [-0.3, -0.25) is 4.79 Å². The van der Waals surface area contributed by atoms with Crippen LogP contribution in [0.3, 0.4) is 0 Å². The number of hydrogen-bond acceptors (Lipinski definition) is 3. The summed E-state index contributed by atoms with van der Waals surface area (Å²) in [6.07, 6.45) is 1.17. The first-order chi connectivity index (χ1) is 11.0. The summed E-state index contributed by atoms with van der Waals surface area (Å²) in [5.41, 5.74) is 2.58. The topological polar surface area (TPSA) is 79.5 Å². The van der Waals surface area contributed by atoms with E-state index >= 15 is 0 Å². The number of urea groups is 1. The summed E-state index contributed by atoms with van der Waals surface area (Å²) in [5, 5.41) is 8.62. The zero-order valence-electron chi connectivity index (χ0n) is 13.9. The standard InChI is InChI=1S/C17H25N3O3/c1-4-23-10-15(11(2)3)20-17(22)18-13-6-7-14-12(9-13)5-8-16(21)19-14/h6-7,9,11,15H,4-5,8,10H2,1-3H3,(H,19,21)(H2,18,20,22). The van der Waals surface area contributed by atoms with Crippen molar-refractivity contribution in [3.05, 3.63) is 23.8 Å². The SMILES string of the molecule is CCOCC(NC(=O)Nc1ccc2c(c1)CCC(=O)N2)C(C)C. The summed E-state index contributed by atoms with van der Waals surface area (Å²) >= 11 is 0. The first kappa shape index (κ1) is 17.3. The van der Waals surface area contributed by atoms with Gasteiger partial charge in [-0.25, -0.2) is 4.79 Å². The van der Waals surface area contributed by atoms with Gasteiger partial charge in [0.15, 0.2) is 0 Å². The van der Waals surface area contributed by atoms with Crippen molar-refractivity contribution in [3.8, 4) is 0 Å². The molecule has 126 valence electrons. The maximum absolute atomic E-state index is 12.2. The fourth-order valence-electron chi connectivity index (χ4n) is 2.44. The predicted molar refractivity (Wildman–Crippen MR) is 90.7 cm³/mol. The molecule has 1 atom stereocenters. The van der Waals surface area contributed by atoms with Crippen LogP contribution in [0, 0.1) is 5.92 Å². The molecule has 0 spiro atoms. The number of fused-ring (bicyclic) bond motifs is 1. The van der Waals surface area contributed by atoms with Crippen LogP contribution in [0.2, 0.25) is 0 Å². The van der Waals surface area contributed by atoms with Crippen LogP contribution in [-0.2, 0) is 16.0 Å². The second kappa shape index (κ2) is 7.97. The summed E-state index contributed by atoms with van der Waals surface area (Å²) in [5.74, 6) is 0.317. The lowest BCUT2D eigenvalue weighted by atomic mass is 10.0. The normalized spacial score (nSPS) is 14.9. The van der Waals surface area contributed by atoms with Gasteiger partial charge in [0.05, 0.1) is 12.6 Å². The second-order valence-electron chi connectivity index (χ2n) is 6.03. The van der Waals surface area contributed by atoms with Crippen molar-refractivity contribution >= 4 is 23.3 Å². The fraction of sp³-hybridized carbons (Fsp3) is 0.529. The number of anilines is 2. The molecule has 0 saturated carbocycles. The van der Waals surface area contributed by atoms with E-state index in [2.05, 4.69) is 16.0 Å². The lowest BCUT2D eigenvalue weighted by Gasteiger charge is -2.23. The number of carbonyl (C=O) groups is 2. The Kier molecular flexibility index (Phi) is 5.98. The Morgan fingerprint density at radius 2 is 2.13 bits per heavy atom. The lowest BCUT2D eigenvalue weighted by Crippen LogP contribution is -2.44. The average Bonchev–Trinajstić information content (AvgIpc) is 2.51. The fourth-order valence-corrected chi connectivity index (χ4v) is 2.44. The minimum Gasteiger partial charge on any atom is -0.380 e. The van der Waals surface area contributed by atoms with Gasteiger partial charge in [0.2, 0.25) is 5.91 Å². The van der Waals surface area contributed by atoms with E-state index in [1.54, 1.807) is 6.07 Å². The molecule has 0 saturated heterocycles. The molecular formula is C17H25N3O3. The second-order valence-corrected chi connectivity index (χ2v) is 6.03. The van der Waals surface area contributed by atoms with Crippen molar-refractivity contribution in [2.75, 3.05) is 23.8 Å². The molecule has 0 radical (unpaired) electrons. The number of benzene rings is 1. The van der Waals surface area contributed by atoms with Crippen LogP contribution < -0.4 is 16.0 Å². The average molecular weight is 319 g/mol. The van der Waals surface area contributed by atoms with Crippen molar-refractivity contribution in [1.29, 1.82) is 0 Å². The molecule has 1 aromatic rings. The van der Waals surface area contributed by atoms with Crippen molar-refractivity contribution in [3.63, 3.8) is 0 Å². The molecule has 23 heavy (non-hydrogen) atoms. The van der Waals surface area contributed by atoms with E-state index in [1.165, 1.54) is 0 Å². The van der Waals surface area contributed by atoms with Crippen molar-refractivity contribution < 1.29 is 14.3 Å². The highest BCUT2D eigenvalue weighted by atomic mass is 16.5. The van der Waals surface area contributed by atoms with E-state index in [0.717, 1.165) is 16.9 Å². The summed E-state index contributed by atoms with van der Waals surface area (Å²) in [6, 6.07) is 5.23. The first-order valence-electron chi connectivity index (χ1n) is 8.07. The number of amides is 3. The number of rotatable bonds is 6. The van der Waals surface area contributed by atoms with E-state index in [0.29, 0.717) is 26.1 Å². The van der Waals surface area contributed by atoms with Gasteiger partial charge in [-0.15, -0.1) is 0 Å². The van der Waals surface area contributed by atoms with Crippen molar-refractivity contribution in [1.82, 2.24) is 5.32 Å². The molecule has 1 aliphatic heterocycles. The number of aryl methyl sites for hydroxylation is 1. The highest BCUT2D eigenvalue weighted by Gasteiger charge is 2.18. The summed E-state index contributed by atoms with van der Waals surface area (Å²) in [7, 11) is 0. The third kappa shape index (κ3) is 4.96. The van der Waals surface area contributed by atoms with E-state index in [9.17, 15) is 9.59 Å². The van der Waals surface area contributed by atoms with E-state index in [-0.39, 0.29) is 23.9 Å². The van der Waals surface area contributed by atoms with Gasteiger partial charge in [-0.05, 0) is 43.0 Å². The van der Waals surface area contributed by atoms with Gasteiger partial charge >= 0.3 is 6.03 Å². The predicted octanol–water partition coefficient (Wildman–Crippen LogP) is 2.75. The molecule has 3 amide bonds. The van der Waals surface area contributed by atoms with Crippen LogP contribution in [0.5, 0.6) is 0 Å². The van der Waals surface area contributed by atoms with Crippen molar-refractivity contribution in [2.45, 2.75) is 39.7 Å². The summed E-state index contributed by atoms with van der Waals surface area (Å²) < 4.78 is 5.41. The summed E-state index contributed by atoms with van der Waals surface area (Å²) in [4.78, 5) is 23.5. The van der Waals surface area contributed by atoms with Crippen LogP contribution in [0.4, 0.5) is 16.2 Å². The Labute approximate surface area is 137 Å². The van der Waals surface area contributed by atoms with Gasteiger partial charge in [0.25, 0.3) is 0 Å². The molecule has 1 aliphatic rings. The van der Waals surface area contributed by atoms with Crippen LogP contribution in [0.15, 0.2) is 18.2 Å². The minimum absolute atomic E-state index is 0.0339. The lowest BCUT2D eigenvalue weighted by molar-refractivity contribution is -0.116. The molecule has 0 aliphatic carbocycles. The van der Waals surface area contributed by atoms with Crippen LogP contribution >= 0.6 is 0 Å². The third-order valence-corrected chi connectivity index (χ3v) is 3.88. The molecule has 1 aromatic carbocycles. The van der Waals surface area contributed by atoms with E-state index in [4.69, 9.17) is 4.74 Å². The van der Waals surface area contributed by atoms with Crippen molar-refractivity contribution in [2.24, 2.45) is 5.92 Å². The Hall–Kier alpha value is -2.08. The van der Waals surface area contributed by atoms with Crippen LogP contribution in [0.25, 0.3) is 0 Å². The van der Waals surface area contributed by atoms with Gasteiger partial charge in [-0.2, -0.15) is 0 Å². The highest BCUT2D eigenvalue weighted by Crippen LogP contribution is 2.25. The zero-order chi connectivity index (χ0) is 16.8. The Bertz CT molecular complexity index is 572. The summed E-state index contributed by atoms with van der Waals surface area (Å²) in [6.45, 7) is 7.15. The molecule has 2 rings (SSSR count). The minimum atomic E-state index is -0.247. The smallest absolute Gasteiger partial charge is 0.319 e. The zero-order valence-corrected chi connectivity index (χ0v) is 13.9. The Morgan fingerprint density at radius 1 is 1.35 bits per heavy atom. The maximum Gasteiger partial charge on any atom is 0.319 e. The molecular weight excluding hydrogens is 294 g/mol. The number of ether oxygens (including phenoxy) is 1. The van der Waals surface area contributed by atoms with E-state index < -0.39 is 0 Å². The van der Waals surface area contributed by atoms with Gasteiger partial charge in [-0.1, -0.05) is 13.8 Å². The molecule has 0 aromatic heterocycles.